The number of nitrogens with zero attached hydrogens (tertiary/aromatic N) is 2. The molecule has 0 radical (unpaired) electrons. The fourth-order valence-electron chi connectivity index (χ4n) is 1.54. The first-order valence-electron chi connectivity index (χ1n) is 6.26. The van der Waals surface area contributed by atoms with E-state index in [1.807, 2.05) is 36.7 Å². The van der Waals surface area contributed by atoms with Crippen LogP contribution in [0.25, 0.3) is 5.57 Å². The third kappa shape index (κ3) is 4.73. The second-order valence-corrected chi connectivity index (χ2v) is 4.60. The Morgan fingerprint density at radius 2 is 2.00 bits per heavy atom. The van der Waals surface area contributed by atoms with Gasteiger partial charge in [-0.1, -0.05) is 49.7 Å². The van der Waals surface area contributed by atoms with E-state index < -0.39 is 0 Å². The Morgan fingerprint density at radius 3 is 2.58 bits per heavy atom. The summed E-state index contributed by atoms with van der Waals surface area (Å²) in [5, 5.41) is 1.13. The first-order chi connectivity index (χ1) is 9.16. The van der Waals surface area contributed by atoms with E-state index in [2.05, 4.69) is 11.6 Å². The van der Waals surface area contributed by atoms with Crippen LogP contribution in [0.4, 0.5) is 0 Å². The lowest BCUT2D eigenvalue weighted by atomic mass is 10.0. The van der Waals surface area contributed by atoms with Crippen LogP contribution >= 0.6 is 23.2 Å². The molecule has 0 atom stereocenters. The van der Waals surface area contributed by atoms with Gasteiger partial charge in [0.25, 0.3) is 0 Å². The predicted molar refractivity (Wildman–Crippen MR) is 83.7 cm³/mol. The molecule has 2 nitrogen and oxygen atoms in total. The number of aryl methyl sites for hydroxylation is 1. The lowest BCUT2D eigenvalue weighted by Crippen LogP contribution is -1.95. The summed E-state index contributed by atoms with van der Waals surface area (Å²) in [5.41, 5.74) is 2.07. The van der Waals surface area contributed by atoms with E-state index in [-0.39, 0.29) is 0 Å². The fraction of sp³-hybridized carbons (Fsp3) is 0.267. The molecule has 0 aliphatic rings. The average Bonchev–Trinajstić information content (AvgIpc) is 2.94. The van der Waals surface area contributed by atoms with Crippen LogP contribution in [-0.4, -0.2) is 9.55 Å². The predicted octanol–water partition coefficient (Wildman–Crippen LogP) is 5.32. The van der Waals surface area contributed by atoms with Gasteiger partial charge in [0, 0.05) is 18.9 Å². The Kier molecular flexibility index (Phi) is 6.68. The quantitative estimate of drug-likeness (QED) is 0.746. The van der Waals surface area contributed by atoms with E-state index in [1.165, 1.54) is 0 Å². The zero-order valence-corrected chi connectivity index (χ0v) is 12.7. The Morgan fingerprint density at radius 1 is 1.26 bits per heavy atom. The first kappa shape index (κ1) is 15.8. The van der Waals surface area contributed by atoms with Crippen molar-refractivity contribution in [3.63, 3.8) is 0 Å². The van der Waals surface area contributed by atoms with Crippen LogP contribution in [0, 0.1) is 0 Å². The number of rotatable bonds is 4. The van der Waals surface area contributed by atoms with E-state index in [0.29, 0.717) is 10.0 Å². The molecule has 0 N–H and O–H groups in total. The van der Waals surface area contributed by atoms with Gasteiger partial charge in [-0.3, -0.25) is 0 Å². The van der Waals surface area contributed by atoms with Crippen molar-refractivity contribution >= 4 is 28.8 Å². The van der Waals surface area contributed by atoms with E-state index >= 15 is 0 Å². The van der Waals surface area contributed by atoms with Crippen molar-refractivity contribution in [1.82, 2.24) is 9.55 Å². The summed E-state index contributed by atoms with van der Waals surface area (Å²) < 4.78 is 2.02. The molecule has 1 heterocycles. The second kappa shape index (κ2) is 8.03. The van der Waals surface area contributed by atoms with Gasteiger partial charge >= 0.3 is 0 Å². The molecule has 0 fully saturated rings. The molecule has 0 bridgehead atoms. The maximum Gasteiger partial charge on any atom is 0.0946 e. The number of allylic oxidation sites excluding steroid dienone is 1. The van der Waals surface area contributed by atoms with Crippen LogP contribution < -0.4 is 0 Å². The van der Waals surface area contributed by atoms with E-state index in [1.54, 1.807) is 18.6 Å². The van der Waals surface area contributed by atoms with Gasteiger partial charge in [0.15, 0.2) is 0 Å². The highest BCUT2D eigenvalue weighted by molar-refractivity contribution is 6.42. The highest BCUT2D eigenvalue weighted by atomic mass is 35.5. The zero-order chi connectivity index (χ0) is 14.3. The number of hydrogen-bond donors (Lipinski definition) is 0. The second-order valence-electron chi connectivity index (χ2n) is 3.78. The molecule has 0 unspecified atom stereocenters. The van der Waals surface area contributed by atoms with E-state index in [4.69, 9.17) is 23.2 Å². The summed E-state index contributed by atoms with van der Waals surface area (Å²) in [5.74, 6) is 0. The fourth-order valence-corrected chi connectivity index (χ4v) is 1.84. The van der Waals surface area contributed by atoms with Crippen molar-refractivity contribution in [3.8, 4) is 0 Å². The molecular weight excluding hydrogens is 279 g/mol. The first-order valence-corrected chi connectivity index (χ1v) is 7.01. The summed E-state index contributed by atoms with van der Waals surface area (Å²) in [7, 11) is 0. The van der Waals surface area contributed by atoms with Crippen LogP contribution in [0.2, 0.25) is 10.0 Å². The van der Waals surface area contributed by atoms with Crippen LogP contribution in [0.1, 0.15) is 25.8 Å². The summed E-state index contributed by atoms with van der Waals surface area (Å²) in [6, 6.07) is 5.58. The Labute approximate surface area is 124 Å². The highest BCUT2D eigenvalue weighted by Gasteiger charge is 2.03. The molecule has 102 valence electrons. The SMILES string of the molecule is C=C(CCn1ccnc1)c1ccc(Cl)c(Cl)c1.CC. The molecule has 0 saturated heterocycles. The number of imidazole rings is 1. The maximum atomic E-state index is 5.97. The van der Waals surface area contributed by atoms with Gasteiger partial charge in [0.05, 0.1) is 16.4 Å². The van der Waals surface area contributed by atoms with Gasteiger partial charge < -0.3 is 4.57 Å². The zero-order valence-electron chi connectivity index (χ0n) is 11.2. The summed E-state index contributed by atoms with van der Waals surface area (Å²) in [6.45, 7) is 8.92. The van der Waals surface area contributed by atoms with Gasteiger partial charge in [-0.25, -0.2) is 4.98 Å². The minimum absolute atomic E-state index is 0.563. The van der Waals surface area contributed by atoms with Crippen molar-refractivity contribution in [2.45, 2.75) is 26.8 Å². The Hall–Kier alpha value is -1.25. The molecule has 1 aromatic carbocycles. The molecule has 19 heavy (non-hydrogen) atoms. The lowest BCUT2D eigenvalue weighted by Gasteiger charge is -2.07. The lowest BCUT2D eigenvalue weighted by molar-refractivity contribution is 0.717. The Bertz CT molecular complexity index is 519. The van der Waals surface area contributed by atoms with Crippen LogP contribution in [0.3, 0.4) is 0 Å². The van der Waals surface area contributed by atoms with Crippen LogP contribution in [0.5, 0.6) is 0 Å². The summed E-state index contributed by atoms with van der Waals surface area (Å²) in [4.78, 5) is 3.99. The number of benzene rings is 1. The molecule has 2 aromatic rings. The van der Waals surface area contributed by atoms with Crippen LogP contribution in [-0.2, 0) is 6.54 Å². The van der Waals surface area contributed by atoms with Crippen molar-refractivity contribution in [3.05, 3.63) is 59.1 Å². The van der Waals surface area contributed by atoms with Gasteiger partial charge in [0.1, 0.15) is 0 Å². The molecular formula is C15H18Cl2N2. The average molecular weight is 297 g/mol. The molecule has 0 amide bonds. The molecule has 1 aromatic heterocycles. The minimum atomic E-state index is 0.563. The van der Waals surface area contributed by atoms with Crippen LogP contribution in [0.15, 0.2) is 43.5 Å². The third-order valence-electron chi connectivity index (χ3n) is 2.56. The molecule has 4 heteroatoms. The van der Waals surface area contributed by atoms with E-state index in [9.17, 15) is 0 Å². The van der Waals surface area contributed by atoms with Gasteiger partial charge in [-0.05, 0) is 29.7 Å². The molecule has 0 spiro atoms. The maximum absolute atomic E-state index is 5.97. The monoisotopic (exact) mass is 296 g/mol. The number of hydrogen-bond acceptors (Lipinski definition) is 1. The minimum Gasteiger partial charge on any atom is -0.337 e. The van der Waals surface area contributed by atoms with Gasteiger partial charge in [-0.2, -0.15) is 0 Å². The highest BCUT2D eigenvalue weighted by Crippen LogP contribution is 2.26. The largest absolute Gasteiger partial charge is 0.337 e. The molecule has 2 rings (SSSR count). The van der Waals surface area contributed by atoms with Crippen molar-refractivity contribution < 1.29 is 0 Å². The normalized spacial score (nSPS) is 9.68. The third-order valence-corrected chi connectivity index (χ3v) is 3.30. The Balaban J connectivity index is 0.000000861. The van der Waals surface area contributed by atoms with Crippen molar-refractivity contribution in [1.29, 1.82) is 0 Å². The van der Waals surface area contributed by atoms with Gasteiger partial charge in [0.2, 0.25) is 0 Å². The summed E-state index contributed by atoms with van der Waals surface area (Å²) in [6.07, 6.45) is 6.35. The molecule has 0 saturated carbocycles. The van der Waals surface area contributed by atoms with Gasteiger partial charge in [-0.15, -0.1) is 0 Å². The van der Waals surface area contributed by atoms with Crippen molar-refractivity contribution in [2.75, 3.05) is 0 Å². The number of halogens is 2. The smallest absolute Gasteiger partial charge is 0.0946 e. The standard InChI is InChI=1S/C13H12Cl2N2.C2H6/c1-10(4-6-17-7-5-16-9-17)11-2-3-12(14)13(15)8-11;1-2/h2-3,5,7-9H,1,4,6H2;1-2H3. The molecule has 0 aliphatic heterocycles. The van der Waals surface area contributed by atoms with Crippen molar-refractivity contribution in [2.24, 2.45) is 0 Å². The summed E-state index contributed by atoms with van der Waals surface area (Å²) >= 11 is 11.8. The van der Waals surface area contributed by atoms with E-state index in [0.717, 1.165) is 24.1 Å². The molecule has 0 aliphatic carbocycles. The number of aromatic nitrogens is 2. The topological polar surface area (TPSA) is 17.8 Å².